The van der Waals surface area contributed by atoms with E-state index in [1.807, 2.05) is 23.1 Å². The maximum Gasteiger partial charge on any atom is 0.228 e. The highest BCUT2D eigenvalue weighted by atomic mass is 19.1. The first kappa shape index (κ1) is 19.0. The number of carbonyl (C=O) groups is 1. The van der Waals surface area contributed by atoms with Crippen LogP contribution >= 0.6 is 0 Å². The van der Waals surface area contributed by atoms with Crippen LogP contribution in [0.25, 0.3) is 11.3 Å². The van der Waals surface area contributed by atoms with E-state index >= 15 is 0 Å². The molecule has 0 aliphatic carbocycles. The van der Waals surface area contributed by atoms with Crippen molar-refractivity contribution in [1.29, 1.82) is 0 Å². The second kappa shape index (κ2) is 8.34. The number of hydrogen-bond donors (Lipinski definition) is 1. The summed E-state index contributed by atoms with van der Waals surface area (Å²) in [5, 5.41) is 3.11. The summed E-state index contributed by atoms with van der Waals surface area (Å²) < 4.78 is 13.6. The van der Waals surface area contributed by atoms with Gasteiger partial charge in [-0.2, -0.15) is 0 Å². The maximum atomic E-state index is 13.6. The number of hydrogen-bond acceptors (Lipinski definition) is 5. The highest BCUT2D eigenvalue weighted by Gasteiger charge is 2.25. The van der Waals surface area contributed by atoms with Crippen molar-refractivity contribution in [2.75, 3.05) is 18.4 Å². The molecule has 3 aromatic rings. The second-order valence-electron chi connectivity index (χ2n) is 7.18. The van der Waals surface area contributed by atoms with Crippen LogP contribution in [-0.4, -0.2) is 38.8 Å². The number of nitrogens with zero attached hydrogens (tertiary/aromatic N) is 4. The number of aromatic nitrogens is 3. The number of piperidine rings is 1. The number of nitrogens with one attached hydrogen (secondary N) is 1. The molecule has 1 amide bonds. The Labute approximate surface area is 168 Å². The highest BCUT2D eigenvalue weighted by Crippen LogP contribution is 2.29. The summed E-state index contributed by atoms with van der Waals surface area (Å²) in [5.41, 5.74) is 3.05. The lowest BCUT2D eigenvalue weighted by atomic mass is 9.93. The van der Waals surface area contributed by atoms with E-state index in [-0.39, 0.29) is 17.6 Å². The molecular formula is C22H22FN5O. The van der Waals surface area contributed by atoms with Crippen LogP contribution in [0.4, 0.5) is 16.0 Å². The lowest BCUT2D eigenvalue weighted by Gasteiger charge is -2.32. The molecule has 1 saturated heterocycles. The van der Waals surface area contributed by atoms with Gasteiger partial charge in [0.1, 0.15) is 5.82 Å². The first-order chi connectivity index (χ1) is 14.1. The van der Waals surface area contributed by atoms with Gasteiger partial charge in [-0.25, -0.2) is 14.4 Å². The Morgan fingerprint density at radius 2 is 2.10 bits per heavy atom. The number of anilines is 2. The molecule has 1 aromatic carbocycles. The van der Waals surface area contributed by atoms with Crippen molar-refractivity contribution in [3.8, 4) is 11.3 Å². The molecule has 148 valence electrons. The molecule has 0 radical (unpaired) electrons. The monoisotopic (exact) mass is 391 g/mol. The van der Waals surface area contributed by atoms with Crippen LogP contribution in [0.15, 0.2) is 54.9 Å². The van der Waals surface area contributed by atoms with Gasteiger partial charge >= 0.3 is 0 Å². The van der Waals surface area contributed by atoms with Crippen LogP contribution in [0.2, 0.25) is 0 Å². The quantitative estimate of drug-likeness (QED) is 0.724. The van der Waals surface area contributed by atoms with Gasteiger partial charge in [-0.05, 0) is 49.2 Å². The van der Waals surface area contributed by atoms with Gasteiger partial charge in [0.15, 0.2) is 0 Å². The average molecular weight is 391 g/mol. The lowest BCUT2D eigenvalue weighted by molar-refractivity contribution is -0.130. The largest absolute Gasteiger partial charge is 0.342 e. The Morgan fingerprint density at radius 1 is 1.21 bits per heavy atom. The normalized spacial score (nSPS) is 16.5. The number of pyridine rings is 1. The third-order valence-corrected chi connectivity index (χ3v) is 5.07. The van der Waals surface area contributed by atoms with Gasteiger partial charge in [-0.1, -0.05) is 6.07 Å². The number of likely N-dealkylation sites (tertiary alicyclic amines) is 1. The molecule has 4 rings (SSSR count). The van der Waals surface area contributed by atoms with Gasteiger partial charge < -0.3 is 10.2 Å². The molecule has 29 heavy (non-hydrogen) atoms. The van der Waals surface area contributed by atoms with Crippen LogP contribution < -0.4 is 5.32 Å². The topological polar surface area (TPSA) is 71.0 Å². The Bertz CT molecular complexity index is 1010. The van der Waals surface area contributed by atoms with Crippen molar-refractivity contribution in [3.63, 3.8) is 0 Å². The minimum Gasteiger partial charge on any atom is -0.342 e. The summed E-state index contributed by atoms with van der Waals surface area (Å²) in [5.74, 6) is 0.267. The molecule has 1 fully saturated rings. The molecule has 1 aliphatic heterocycles. The SMILES string of the molecule is CC(=O)N1CCCC(c2cc(-c3cccnc3)nc(Nc3cccc(F)c3)n2)C1. The standard InChI is InChI=1S/C22H22FN5O/c1-15(29)28-10-4-6-17(14-28)21-12-20(16-5-3-9-24-13-16)26-22(27-21)25-19-8-2-7-18(23)11-19/h2-3,5,7-9,11-13,17H,4,6,10,14H2,1H3,(H,25,26,27). The number of rotatable bonds is 4. The number of halogens is 1. The highest BCUT2D eigenvalue weighted by molar-refractivity contribution is 5.73. The summed E-state index contributed by atoms with van der Waals surface area (Å²) >= 11 is 0. The van der Waals surface area contributed by atoms with Crippen LogP contribution in [0, 0.1) is 5.82 Å². The maximum absolute atomic E-state index is 13.6. The van der Waals surface area contributed by atoms with Crippen molar-refractivity contribution >= 4 is 17.5 Å². The fraction of sp³-hybridized carbons (Fsp3) is 0.273. The molecule has 1 unspecified atom stereocenters. The smallest absolute Gasteiger partial charge is 0.228 e. The van der Waals surface area contributed by atoms with Crippen LogP contribution in [0.1, 0.15) is 31.4 Å². The predicted molar refractivity (Wildman–Crippen MR) is 109 cm³/mol. The third kappa shape index (κ3) is 4.56. The molecule has 0 spiro atoms. The van der Waals surface area contributed by atoms with E-state index in [9.17, 15) is 9.18 Å². The number of carbonyl (C=O) groups excluding carboxylic acids is 1. The number of benzene rings is 1. The van der Waals surface area contributed by atoms with E-state index in [4.69, 9.17) is 4.98 Å². The van der Waals surface area contributed by atoms with Crippen molar-refractivity contribution in [2.24, 2.45) is 0 Å². The van der Waals surface area contributed by atoms with Gasteiger partial charge in [0, 0.05) is 49.6 Å². The van der Waals surface area contributed by atoms with Crippen molar-refractivity contribution in [3.05, 3.63) is 66.4 Å². The first-order valence-corrected chi connectivity index (χ1v) is 9.66. The Hall–Kier alpha value is -3.35. The lowest BCUT2D eigenvalue weighted by Crippen LogP contribution is -2.37. The predicted octanol–water partition coefficient (Wildman–Crippen LogP) is 4.15. The molecule has 3 heterocycles. The van der Waals surface area contributed by atoms with Crippen molar-refractivity contribution < 1.29 is 9.18 Å². The van der Waals surface area contributed by atoms with Crippen molar-refractivity contribution in [2.45, 2.75) is 25.7 Å². The fourth-order valence-electron chi connectivity index (χ4n) is 3.59. The molecule has 6 nitrogen and oxygen atoms in total. The van der Waals surface area contributed by atoms with E-state index in [0.29, 0.717) is 18.2 Å². The fourth-order valence-corrected chi connectivity index (χ4v) is 3.59. The molecule has 2 aromatic heterocycles. The molecular weight excluding hydrogens is 369 g/mol. The minimum atomic E-state index is -0.331. The molecule has 7 heteroatoms. The summed E-state index contributed by atoms with van der Waals surface area (Å²) in [6.45, 7) is 3.01. The Balaban J connectivity index is 1.71. The van der Waals surface area contributed by atoms with Gasteiger partial charge in [0.05, 0.1) is 11.4 Å². The van der Waals surface area contributed by atoms with Crippen LogP contribution in [0.3, 0.4) is 0 Å². The van der Waals surface area contributed by atoms with E-state index in [1.165, 1.54) is 12.1 Å². The van der Waals surface area contributed by atoms with E-state index in [2.05, 4.69) is 15.3 Å². The van der Waals surface area contributed by atoms with Gasteiger partial charge in [0.25, 0.3) is 0 Å². The second-order valence-corrected chi connectivity index (χ2v) is 7.18. The summed E-state index contributed by atoms with van der Waals surface area (Å²) in [4.78, 5) is 27.2. The molecule has 1 N–H and O–H groups in total. The average Bonchev–Trinajstić information content (AvgIpc) is 2.74. The van der Waals surface area contributed by atoms with E-state index in [1.54, 1.807) is 31.5 Å². The zero-order valence-corrected chi connectivity index (χ0v) is 16.2. The summed E-state index contributed by atoms with van der Waals surface area (Å²) in [6, 6.07) is 11.9. The summed E-state index contributed by atoms with van der Waals surface area (Å²) in [6.07, 6.45) is 5.35. The van der Waals surface area contributed by atoms with Crippen LogP contribution in [0.5, 0.6) is 0 Å². The van der Waals surface area contributed by atoms with Gasteiger partial charge in [-0.3, -0.25) is 9.78 Å². The molecule has 1 atom stereocenters. The van der Waals surface area contributed by atoms with E-state index in [0.717, 1.165) is 36.3 Å². The Morgan fingerprint density at radius 3 is 2.86 bits per heavy atom. The molecule has 0 bridgehead atoms. The van der Waals surface area contributed by atoms with Gasteiger partial charge in [0.2, 0.25) is 11.9 Å². The Kier molecular flexibility index (Phi) is 5.46. The first-order valence-electron chi connectivity index (χ1n) is 9.66. The minimum absolute atomic E-state index is 0.0781. The molecule has 0 saturated carbocycles. The number of amides is 1. The van der Waals surface area contributed by atoms with E-state index < -0.39 is 0 Å². The molecule has 1 aliphatic rings. The third-order valence-electron chi connectivity index (χ3n) is 5.07. The zero-order chi connectivity index (χ0) is 20.2. The van der Waals surface area contributed by atoms with Crippen LogP contribution in [-0.2, 0) is 4.79 Å². The summed E-state index contributed by atoms with van der Waals surface area (Å²) in [7, 11) is 0. The zero-order valence-electron chi connectivity index (χ0n) is 16.2. The van der Waals surface area contributed by atoms with Gasteiger partial charge in [-0.15, -0.1) is 0 Å². The van der Waals surface area contributed by atoms with Crippen molar-refractivity contribution in [1.82, 2.24) is 19.9 Å².